The predicted molar refractivity (Wildman–Crippen MR) is 130 cm³/mol. The Kier molecular flexibility index (Phi) is 5.51. The van der Waals surface area contributed by atoms with Gasteiger partial charge in [0.15, 0.2) is 5.16 Å². The number of hydrogen-bond acceptors (Lipinski definition) is 4. The van der Waals surface area contributed by atoms with Gasteiger partial charge in [-0.3, -0.25) is 14.2 Å². The summed E-state index contributed by atoms with van der Waals surface area (Å²) in [4.78, 5) is 36.5. The highest BCUT2D eigenvalue weighted by molar-refractivity contribution is 7.99. The molecule has 0 radical (unpaired) electrons. The molecule has 0 saturated carbocycles. The van der Waals surface area contributed by atoms with Gasteiger partial charge in [0.05, 0.1) is 11.4 Å². The van der Waals surface area contributed by atoms with Gasteiger partial charge in [0, 0.05) is 24.0 Å². The molecule has 1 saturated heterocycles. The Balaban J connectivity index is 1.56. The Bertz CT molecular complexity index is 1350. The van der Waals surface area contributed by atoms with Crippen LogP contribution in [0.3, 0.4) is 0 Å². The first-order valence-corrected chi connectivity index (χ1v) is 12.0. The third-order valence-electron chi connectivity index (χ3n) is 6.25. The molecule has 6 nitrogen and oxygen atoms in total. The summed E-state index contributed by atoms with van der Waals surface area (Å²) in [5, 5.41) is 1.45. The molecule has 1 aliphatic heterocycles. The number of hydrogen-bond donors (Lipinski definition) is 1. The zero-order valence-electron chi connectivity index (χ0n) is 18.3. The second-order valence-corrected chi connectivity index (χ2v) is 9.56. The van der Waals surface area contributed by atoms with E-state index in [-0.39, 0.29) is 17.2 Å². The van der Waals surface area contributed by atoms with E-state index in [2.05, 4.69) is 11.9 Å². The van der Waals surface area contributed by atoms with Gasteiger partial charge in [-0.05, 0) is 43.9 Å². The van der Waals surface area contributed by atoms with Crippen molar-refractivity contribution in [3.8, 4) is 5.69 Å². The number of amides is 1. The molecule has 2 aromatic heterocycles. The first-order chi connectivity index (χ1) is 15.5. The number of H-pyrrole nitrogens is 1. The number of fused-ring (bicyclic) bond motifs is 3. The highest BCUT2D eigenvalue weighted by atomic mass is 32.2. The van der Waals surface area contributed by atoms with Crippen molar-refractivity contribution in [3.63, 3.8) is 0 Å². The molecule has 0 unspecified atom stereocenters. The normalized spacial score (nSPS) is 15.0. The standard InChI is InChI=1S/C25H26N4O2S/c1-16-7-9-18(10-8-16)29-24(31)23-22(19-5-3-4-6-20(19)26-23)27-25(29)32-15-21(30)28-13-11-17(2)12-14-28/h3-10,17,26H,11-15H2,1-2H3. The number of thioether (sulfide) groups is 1. The molecule has 3 heterocycles. The maximum Gasteiger partial charge on any atom is 0.283 e. The van der Waals surface area contributed by atoms with Gasteiger partial charge in [-0.25, -0.2) is 4.98 Å². The number of likely N-dealkylation sites (tertiary alicyclic amines) is 1. The van der Waals surface area contributed by atoms with Gasteiger partial charge in [-0.15, -0.1) is 0 Å². The lowest BCUT2D eigenvalue weighted by molar-refractivity contribution is -0.129. The molecule has 32 heavy (non-hydrogen) atoms. The number of piperidine rings is 1. The summed E-state index contributed by atoms with van der Waals surface area (Å²) >= 11 is 1.34. The van der Waals surface area contributed by atoms with E-state index in [1.54, 1.807) is 4.57 Å². The largest absolute Gasteiger partial charge is 0.349 e. The molecule has 1 N–H and O–H groups in total. The number of carbonyl (C=O) groups excluding carboxylic acids is 1. The SMILES string of the molecule is Cc1ccc(-n2c(SCC(=O)N3CCC(C)CC3)nc3c([nH]c4ccccc43)c2=O)cc1. The van der Waals surface area contributed by atoms with Crippen molar-refractivity contribution in [3.05, 3.63) is 64.4 Å². The van der Waals surface area contributed by atoms with Crippen LogP contribution in [-0.2, 0) is 4.79 Å². The maximum atomic E-state index is 13.6. The minimum Gasteiger partial charge on any atom is -0.349 e. The molecule has 4 aromatic rings. The van der Waals surface area contributed by atoms with E-state index in [0.29, 0.717) is 22.1 Å². The highest BCUT2D eigenvalue weighted by Gasteiger charge is 2.22. The third-order valence-corrected chi connectivity index (χ3v) is 7.17. The molecule has 1 fully saturated rings. The second-order valence-electron chi connectivity index (χ2n) is 8.62. The summed E-state index contributed by atoms with van der Waals surface area (Å²) in [6.07, 6.45) is 2.09. The number of para-hydroxylation sites is 1. The average molecular weight is 447 g/mol. The summed E-state index contributed by atoms with van der Waals surface area (Å²) < 4.78 is 1.62. The van der Waals surface area contributed by atoms with Crippen molar-refractivity contribution < 1.29 is 4.79 Å². The number of benzene rings is 2. The lowest BCUT2D eigenvalue weighted by atomic mass is 9.99. The minimum atomic E-state index is -0.156. The first-order valence-electron chi connectivity index (χ1n) is 11.0. The number of nitrogens with one attached hydrogen (secondary N) is 1. The summed E-state index contributed by atoms with van der Waals surface area (Å²) in [7, 11) is 0. The Hall–Kier alpha value is -3.06. The molecule has 1 aliphatic rings. The smallest absolute Gasteiger partial charge is 0.283 e. The van der Waals surface area contributed by atoms with Gasteiger partial charge < -0.3 is 9.88 Å². The van der Waals surface area contributed by atoms with Crippen molar-refractivity contribution in [2.45, 2.75) is 31.8 Å². The number of aromatic amines is 1. The fourth-order valence-electron chi connectivity index (χ4n) is 4.24. The molecule has 0 aliphatic carbocycles. The van der Waals surface area contributed by atoms with Crippen LogP contribution in [0.2, 0.25) is 0 Å². The molecule has 0 bridgehead atoms. The van der Waals surface area contributed by atoms with Gasteiger partial charge in [-0.1, -0.05) is 54.6 Å². The van der Waals surface area contributed by atoms with E-state index < -0.39 is 0 Å². The van der Waals surface area contributed by atoms with Crippen LogP contribution in [-0.4, -0.2) is 44.2 Å². The third kappa shape index (κ3) is 3.81. The quantitative estimate of drug-likeness (QED) is 0.369. The van der Waals surface area contributed by atoms with Crippen molar-refractivity contribution in [1.82, 2.24) is 19.4 Å². The molecular formula is C25H26N4O2S. The van der Waals surface area contributed by atoms with Crippen LogP contribution in [0.25, 0.3) is 27.6 Å². The molecule has 0 atom stereocenters. The van der Waals surface area contributed by atoms with E-state index in [9.17, 15) is 9.59 Å². The van der Waals surface area contributed by atoms with E-state index >= 15 is 0 Å². The molecule has 0 spiro atoms. The molecule has 2 aromatic carbocycles. The minimum absolute atomic E-state index is 0.102. The Labute approximate surface area is 190 Å². The number of aromatic nitrogens is 3. The van der Waals surface area contributed by atoms with Gasteiger partial charge in [0.25, 0.3) is 5.56 Å². The summed E-state index contributed by atoms with van der Waals surface area (Å²) in [5.74, 6) is 1.04. The van der Waals surface area contributed by atoms with Crippen LogP contribution >= 0.6 is 11.8 Å². The Morgan fingerprint density at radius 1 is 1.12 bits per heavy atom. The van der Waals surface area contributed by atoms with Crippen LogP contribution in [0.4, 0.5) is 0 Å². The summed E-state index contributed by atoms with van der Waals surface area (Å²) in [5.41, 5.74) is 3.71. The zero-order valence-corrected chi connectivity index (χ0v) is 19.1. The summed E-state index contributed by atoms with van der Waals surface area (Å²) in [6.45, 7) is 5.86. The molecule has 164 valence electrons. The van der Waals surface area contributed by atoms with Gasteiger partial charge in [0.2, 0.25) is 5.91 Å². The monoisotopic (exact) mass is 446 g/mol. The van der Waals surface area contributed by atoms with Gasteiger partial charge >= 0.3 is 0 Å². The molecular weight excluding hydrogens is 420 g/mol. The van der Waals surface area contributed by atoms with Crippen molar-refractivity contribution in [2.24, 2.45) is 5.92 Å². The average Bonchev–Trinajstić information content (AvgIpc) is 3.18. The Morgan fingerprint density at radius 3 is 2.59 bits per heavy atom. The molecule has 7 heteroatoms. The van der Waals surface area contributed by atoms with Crippen LogP contribution in [0.15, 0.2) is 58.5 Å². The summed E-state index contributed by atoms with van der Waals surface area (Å²) in [6, 6.07) is 15.6. The van der Waals surface area contributed by atoms with Crippen LogP contribution in [0, 0.1) is 12.8 Å². The van der Waals surface area contributed by atoms with Crippen LogP contribution in [0.5, 0.6) is 0 Å². The predicted octanol–water partition coefficient (Wildman–Crippen LogP) is 4.53. The van der Waals surface area contributed by atoms with E-state index in [1.807, 2.05) is 60.4 Å². The lowest BCUT2D eigenvalue weighted by Gasteiger charge is -2.30. The maximum absolute atomic E-state index is 13.6. The number of nitrogens with zero attached hydrogens (tertiary/aromatic N) is 3. The zero-order chi connectivity index (χ0) is 22.2. The Morgan fingerprint density at radius 2 is 1.84 bits per heavy atom. The molecule has 1 amide bonds. The first kappa shape index (κ1) is 20.8. The van der Waals surface area contributed by atoms with Crippen molar-refractivity contribution >= 4 is 39.6 Å². The van der Waals surface area contributed by atoms with Crippen LogP contribution in [0.1, 0.15) is 25.3 Å². The second kappa shape index (κ2) is 8.47. The van der Waals surface area contributed by atoms with Crippen molar-refractivity contribution in [2.75, 3.05) is 18.8 Å². The lowest BCUT2D eigenvalue weighted by Crippen LogP contribution is -2.39. The highest BCUT2D eigenvalue weighted by Crippen LogP contribution is 2.27. The van der Waals surface area contributed by atoms with E-state index in [1.165, 1.54) is 11.8 Å². The number of rotatable bonds is 4. The van der Waals surface area contributed by atoms with E-state index in [0.717, 1.165) is 48.1 Å². The van der Waals surface area contributed by atoms with Crippen LogP contribution < -0.4 is 5.56 Å². The van der Waals surface area contributed by atoms with Crippen molar-refractivity contribution in [1.29, 1.82) is 0 Å². The molecule has 5 rings (SSSR count). The van der Waals surface area contributed by atoms with Gasteiger partial charge in [0.1, 0.15) is 11.0 Å². The number of carbonyl (C=O) groups is 1. The fourth-order valence-corrected chi connectivity index (χ4v) is 5.14. The topological polar surface area (TPSA) is 71.0 Å². The fraction of sp³-hybridized carbons (Fsp3) is 0.320. The van der Waals surface area contributed by atoms with Gasteiger partial charge in [-0.2, -0.15) is 0 Å². The van der Waals surface area contributed by atoms with E-state index in [4.69, 9.17) is 4.98 Å². The number of aryl methyl sites for hydroxylation is 1.